The molecule has 118 valence electrons. The van der Waals surface area contributed by atoms with Crippen LogP contribution in [0.1, 0.15) is 17.4 Å². The van der Waals surface area contributed by atoms with Gasteiger partial charge in [-0.05, 0) is 33.2 Å². The van der Waals surface area contributed by atoms with Crippen molar-refractivity contribution < 1.29 is 9.53 Å². The van der Waals surface area contributed by atoms with Gasteiger partial charge in [0.25, 0.3) is 0 Å². The average molecular weight is 343 g/mol. The maximum Gasteiger partial charge on any atom is 0.355 e. The van der Waals surface area contributed by atoms with E-state index in [1.165, 1.54) is 12.1 Å². The Labute approximate surface area is 137 Å². The van der Waals surface area contributed by atoms with Crippen LogP contribution in [0.3, 0.4) is 0 Å². The molecule has 0 aliphatic heterocycles. The van der Waals surface area contributed by atoms with Crippen molar-refractivity contribution in [3.8, 4) is 0 Å². The Kier molecular flexibility index (Phi) is 5.11. The fourth-order valence-corrected chi connectivity index (χ4v) is 2.80. The van der Waals surface area contributed by atoms with E-state index in [1.54, 1.807) is 13.0 Å². The first kappa shape index (κ1) is 16.8. The number of benzene rings is 1. The predicted molar refractivity (Wildman–Crippen MR) is 88.0 cm³/mol. The second-order valence-corrected chi connectivity index (χ2v) is 6.18. The van der Waals surface area contributed by atoms with E-state index in [4.69, 9.17) is 27.9 Å². The van der Waals surface area contributed by atoms with Gasteiger partial charge in [0.1, 0.15) is 11.8 Å². The number of ether oxygens (including phenoxy) is 1. The third kappa shape index (κ3) is 3.80. The molecular formula is C15H16Cl2N2O3. The Hall–Kier alpha value is -1.56. The van der Waals surface area contributed by atoms with Crippen molar-refractivity contribution in [2.75, 3.05) is 20.6 Å². The molecule has 0 spiro atoms. The number of esters is 1. The van der Waals surface area contributed by atoms with Crippen LogP contribution in [0, 0.1) is 0 Å². The summed E-state index contributed by atoms with van der Waals surface area (Å²) in [5, 5.41) is 0.910. The molecule has 2 rings (SSSR count). The van der Waals surface area contributed by atoms with Crippen LogP contribution in [0.2, 0.25) is 10.0 Å². The molecule has 7 heteroatoms. The average Bonchev–Trinajstić information content (AvgIpc) is 2.35. The lowest BCUT2D eigenvalue weighted by molar-refractivity contribution is 0.0282. The van der Waals surface area contributed by atoms with Gasteiger partial charge >= 0.3 is 5.97 Å². The van der Waals surface area contributed by atoms with Crippen LogP contribution in [-0.2, 0) is 4.74 Å². The van der Waals surface area contributed by atoms with Crippen molar-refractivity contribution in [2.45, 2.75) is 13.0 Å². The lowest BCUT2D eigenvalue weighted by Gasteiger charge is -2.17. The van der Waals surface area contributed by atoms with E-state index in [1.807, 2.05) is 19.0 Å². The molecule has 0 aliphatic rings. The fraction of sp³-hybridized carbons (Fsp3) is 0.333. The summed E-state index contributed by atoms with van der Waals surface area (Å²) >= 11 is 11.9. The van der Waals surface area contributed by atoms with Gasteiger partial charge in [-0.2, -0.15) is 0 Å². The third-order valence-electron chi connectivity index (χ3n) is 3.00. The molecule has 1 atom stereocenters. The first-order valence-electron chi connectivity index (χ1n) is 6.65. The Balaban J connectivity index is 2.37. The highest BCUT2D eigenvalue weighted by molar-refractivity contribution is 6.38. The van der Waals surface area contributed by atoms with Gasteiger partial charge in [-0.25, -0.2) is 4.79 Å². The van der Waals surface area contributed by atoms with E-state index in [0.29, 0.717) is 22.5 Å². The van der Waals surface area contributed by atoms with Crippen molar-refractivity contribution >= 4 is 40.1 Å². The maximum atomic E-state index is 12.1. The lowest BCUT2D eigenvalue weighted by atomic mass is 10.2. The molecule has 2 aromatic rings. The summed E-state index contributed by atoms with van der Waals surface area (Å²) in [4.78, 5) is 29.0. The highest BCUT2D eigenvalue weighted by Gasteiger charge is 2.16. The first-order valence-corrected chi connectivity index (χ1v) is 7.41. The van der Waals surface area contributed by atoms with Gasteiger partial charge in [0.15, 0.2) is 5.43 Å². The maximum absolute atomic E-state index is 12.1. The topological polar surface area (TPSA) is 62.4 Å². The normalized spacial score (nSPS) is 12.6. The van der Waals surface area contributed by atoms with Crippen LogP contribution in [0.15, 0.2) is 23.0 Å². The van der Waals surface area contributed by atoms with Crippen molar-refractivity contribution in [1.82, 2.24) is 9.88 Å². The Morgan fingerprint density at radius 1 is 1.32 bits per heavy atom. The monoisotopic (exact) mass is 342 g/mol. The van der Waals surface area contributed by atoms with Gasteiger partial charge in [-0.3, -0.25) is 4.79 Å². The third-order valence-corrected chi connectivity index (χ3v) is 3.51. The zero-order valence-corrected chi connectivity index (χ0v) is 14.0. The molecule has 0 aliphatic carbocycles. The molecular weight excluding hydrogens is 327 g/mol. The molecule has 1 N–H and O–H groups in total. The quantitative estimate of drug-likeness (QED) is 0.867. The molecule has 0 radical (unpaired) electrons. The standard InChI is InChI=1S/C15H16Cl2N2O3/c1-8(7-19(2)3)22-15(21)12-6-13(20)14-10(17)4-9(16)5-11(14)18-12/h4-6,8H,7H2,1-3H3,(H,18,20)/t8-/m0/s1. The SMILES string of the molecule is C[C@@H](CN(C)C)OC(=O)c1cc(=O)c2c(Cl)cc(Cl)cc2[nH]1. The number of aromatic amines is 1. The number of nitrogens with one attached hydrogen (secondary N) is 1. The number of hydrogen-bond donors (Lipinski definition) is 1. The summed E-state index contributed by atoms with van der Waals surface area (Å²) < 4.78 is 5.29. The predicted octanol–water partition coefficient (Wildman–Crippen LogP) is 2.94. The summed E-state index contributed by atoms with van der Waals surface area (Å²) in [6.07, 6.45) is -0.301. The van der Waals surface area contributed by atoms with Gasteiger partial charge in [0.2, 0.25) is 0 Å². The van der Waals surface area contributed by atoms with Crippen LogP contribution in [-0.4, -0.2) is 42.6 Å². The number of carbonyl (C=O) groups excluding carboxylic acids is 1. The van der Waals surface area contributed by atoms with E-state index >= 15 is 0 Å². The van der Waals surface area contributed by atoms with Crippen LogP contribution < -0.4 is 5.43 Å². The summed E-state index contributed by atoms with van der Waals surface area (Å²) in [5.41, 5.74) is 0.112. The molecule has 0 saturated carbocycles. The number of halogens is 2. The van der Waals surface area contributed by atoms with Crippen LogP contribution in [0.5, 0.6) is 0 Å². The second kappa shape index (κ2) is 6.69. The first-order chi connectivity index (χ1) is 10.3. The van der Waals surface area contributed by atoms with E-state index < -0.39 is 5.97 Å². The van der Waals surface area contributed by atoms with E-state index in [0.717, 1.165) is 0 Å². The Bertz CT molecular complexity index is 771. The number of rotatable bonds is 4. The molecule has 5 nitrogen and oxygen atoms in total. The second-order valence-electron chi connectivity index (χ2n) is 5.34. The minimum absolute atomic E-state index is 0.0708. The smallest absolute Gasteiger partial charge is 0.355 e. The molecule has 1 aromatic carbocycles. The summed E-state index contributed by atoms with van der Waals surface area (Å²) in [6, 6.07) is 4.22. The highest BCUT2D eigenvalue weighted by Crippen LogP contribution is 2.24. The minimum Gasteiger partial charge on any atom is -0.457 e. The molecule has 0 fully saturated rings. The van der Waals surface area contributed by atoms with Gasteiger partial charge in [0, 0.05) is 17.6 Å². The van der Waals surface area contributed by atoms with Crippen molar-refractivity contribution in [3.63, 3.8) is 0 Å². The Morgan fingerprint density at radius 3 is 2.64 bits per heavy atom. The molecule has 1 heterocycles. The number of likely N-dealkylation sites (N-methyl/N-ethyl adjacent to an activating group) is 1. The number of fused-ring (bicyclic) bond motifs is 1. The largest absolute Gasteiger partial charge is 0.457 e. The highest BCUT2D eigenvalue weighted by atomic mass is 35.5. The van der Waals surface area contributed by atoms with Crippen LogP contribution >= 0.6 is 23.2 Å². The van der Waals surface area contributed by atoms with Crippen molar-refractivity contribution in [3.05, 3.63) is 44.2 Å². The lowest BCUT2D eigenvalue weighted by Crippen LogP contribution is -2.28. The van der Waals surface area contributed by atoms with E-state index in [-0.39, 0.29) is 22.2 Å². The molecule has 0 amide bonds. The van der Waals surface area contributed by atoms with E-state index in [2.05, 4.69) is 4.98 Å². The number of H-pyrrole nitrogens is 1. The molecule has 22 heavy (non-hydrogen) atoms. The van der Waals surface area contributed by atoms with Gasteiger partial charge in [-0.15, -0.1) is 0 Å². The van der Waals surface area contributed by atoms with E-state index in [9.17, 15) is 9.59 Å². The van der Waals surface area contributed by atoms with Gasteiger partial charge in [-0.1, -0.05) is 23.2 Å². The molecule has 0 unspecified atom stereocenters. The summed E-state index contributed by atoms with van der Waals surface area (Å²) in [7, 11) is 3.76. The molecule has 0 saturated heterocycles. The van der Waals surface area contributed by atoms with Gasteiger partial charge in [0.05, 0.1) is 15.9 Å². The number of aromatic nitrogens is 1. The minimum atomic E-state index is -0.593. The number of nitrogens with zero attached hydrogens (tertiary/aromatic N) is 1. The molecule has 1 aromatic heterocycles. The number of pyridine rings is 1. The zero-order chi connectivity index (χ0) is 16.4. The zero-order valence-electron chi connectivity index (χ0n) is 12.4. The van der Waals surface area contributed by atoms with Crippen molar-refractivity contribution in [2.24, 2.45) is 0 Å². The number of hydrogen-bond acceptors (Lipinski definition) is 4. The summed E-state index contributed by atoms with van der Waals surface area (Å²) in [5.74, 6) is -0.593. The van der Waals surface area contributed by atoms with Gasteiger partial charge < -0.3 is 14.6 Å². The van der Waals surface area contributed by atoms with Crippen LogP contribution in [0.4, 0.5) is 0 Å². The number of carbonyl (C=O) groups is 1. The van der Waals surface area contributed by atoms with Crippen molar-refractivity contribution in [1.29, 1.82) is 0 Å². The molecule has 0 bridgehead atoms. The summed E-state index contributed by atoms with van der Waals surface area (Å²) in [6.45, 7) is 2.37. The van der Waals surface area contributed by atoms with Crippen LogP contribution in [0.25, 0.3) is 10.9 Å². The Morgan fingerprint density at radius 2 is 2.00 bits per heavy atom. The fourth-order valence-electron chi connectivity index (χ4n) is 2.21.